The molecule has 0 radical (unpaired) electrons. The average molecular weight is 355 g/mol. The number of carbonyl (C=O) groups is 1. The van der Waals surface area contributed by atoms with Gasteiger partial charge in [-0.1, -0.05) is 19.3 Å². The molecule has 134 valence electrons. The van der Waals surface area contributed by atoms with Gasteiger partial charge in [0.2, 0.25) is 10.0 Å². The molecule has 0 aromatic heterocycles. The topological polar surface area (TPSA) is 72.9 Å². The number of esters is 1. The van der Waals surface area contributed by atoms with E-state index in [1.54, 1.807) is 19.1 Å². The van der Waals surface area contributed by atoms with Crippen LogP contribution in [0.5, 0.6) is 5.75 Å². The van der Waals surface area contributed by atoms with Gasteiger partial charge in [-0.15, -0.1) is 0 Å². The van der Waals surface area contributed by atoms with E-state index in [0.717, 1.165) is 32.1 Å². The molecule has 2 rings (SSSR count). The van der Waals surface area contributed by atoms with Crippen molar-refractivity contribution in [3.63, 3.8) is 0 Å². The maximum absolute atomic E-state index is 13.0. The molecule has 1 saturated carbocycles. The van der Waals surface area contributed by atoms with Crippen LogP contribution in [0.1, 0.15) is 39.0 Å². The van der Waals surface area contributed by atoms with Gasteiger partial charge in [0.15, 0.2) is 0 Å². The number of ether oxygens (including phenoxy) is 2. The largest absolute Gasteiger partial charge is 0.497 e. The third-order valence-electron chi connectivity index (χ3n) is 4.24. The van der Waals surface area contributed by atoms with Gasteiger partial charge in [-0.25, -0.2) is 8.42 Å². The predicted octanol–water partition coefficient (Wildman–Crippen LogP) is 2.58. The summed E-state index contributed by atoms with van der Waals surface area (Å²) in [6.45, 7) is 1.70. The van der Waals surface area contributed by atoms with Gasteiger partial charge in [0, 0.05) is 6.04 Å². The average Bonchev–Trinajstić information content (AvgIpc) is 2.60. The summed E-state index contributed by atoms with van der Waals surface area (Å²) in [6.07, 6.45) is 4.60. The molecule has 1 aromatic carbocycles. The van der Waals surface area contributed by atoms with E-state index in [9.17, 15) is 13.2 Å². The van der Waals surface area contributed by atoms with Crippen molar-refractivity contribution in [1.82, 2.24) is 4.31 Å². The number of nitrogens with zero attached hydrogens (tertiary/aromatic N) is 1. The van der Waals surface area contributed by atoms with E-state index < -0.39 is 16.0 Å². The fourth-order valence-electron chi connectivity index (χ4n) is 3.00. The fraction of sp³-hybridized carbons (Fsp3) is 0.588. The lowest BCUT2D eigenvalue weighted by Crippen LogP contribution is -2.44. The molecule has 0 atom stereocenters. The Balaban J connectivity index is 2.29. The number of rotatable bonds is 7. The van der Waals surface area contributed by atoms with Crippen LogP contribution in [0.25, 0.3) is 0 Å². The zero-order valence-corrected chi connectivity index (χ0v) is 15.0. The Bertz CT molecular complexity index is 635. The number of carbonyl (C=O) groups excluding carboxylic acids is 1. The Labute approximate surface area is 143 Å². The van der Waals surface area contributed by atoms with Gasteiger partial charge in [0.1, 0.15) is 12.3 Å². The van der Waals surface area contributed by atoms with Gasteiger partial charge in [-0.2, -0.15) is 4.31 Å². The Morgan fingerprint density at radius 1 is 1.17 bits per heavy atom. The number of hydrogen-bond acceptors (Lipinski definition) is 5. The van der Waals surface area contributed by atoms with Crippen LogP contribution in [0.15, 0.2) is 29.2 Å². The first-order chi connectivity index (χ1) is 11.5. The lowest BCUT2D eigenvalue weighted by Gasteiger charge is -2.32. The Hall–Kier alpha value is -1.60. The third-order valence-corrected chi connectivity index (χ3v) is 6.15. The second-order valence-electron chi connectivity index (χ2n) is 5.82. The van der Waals surface area contributed by atoms with Crippen molar-refractivity contribution in [1.29, 1.82) is 0 Å². The van der Waals surface area contributed by atoms with Crippen molar-refractivity contribution < 1.29 is 22.7 Å². The second-order valence-corrected chi connectivity index (χ2v) is 7.71. The van der Waals surface area contributed by atoms with E-state index >= 15 is 0 Å². The summed E-state index contributed by atoms with van der Waals surface area (Å²) in [7, 11) is -2.24. The summed E-state index contributed by atoms with van der Waals surface area (Å²) in [4.78, 5) is 12.1. The molecular weight excluding hydrogens is 330 g/mol. The monoisotopic (exact) mass is 355 g/mol. The van der Waals surface area contributed by atoms with Gasteiger partial charge >= 0.3 is 5.97 Å². The van der Waals surface area contributed by atoms with Gasteiger partial charge in [0.05, 0.1) is 18.6 Å². The smallest absolute Gasteiger partial charge is 0.321 e. The highest BCUT2D eigenvalue weighted by atomic mass is 32.2. The molecule has 0 heterocycles. The molecule has 1 aliphatic carbocycles. The van der Waals surface area contributed by atoms with E-state index in [4.69, 9.17) is 9.47 Å². The summed E-state index contributed by atoms with van der Waals surface area (Å²) < 4.78 is 37.4. The molecule has 24 heavy (non-hydrogen) atoms. The molecule has 0 N–H and O–H groups in total. The summed E-state index contributed by atoms with van der Waals surface area (Å²) in [5.74, 6) is 0.0729. The molecular formula is C17H25NO5S. The minimum Gasteiger partial charge on any atom is -0.497 e. The molecule has 0 spiro atoms. The van der Waals surface area contributed by atoms with Crippen molar-refractivity contribution in [3.8, 4) is 5.75 Å². The minimum atomic E-state index is -3.76. The van der Waals surface area contributed by atoms with Crippen molar-refractivity contribution in [2.24, 2.45) is 0 Å². The van der Waals surface area contributed by atoms with Crippen molar-refractivity contribution in [3.05, 3.63) is 24.3 Å². The molecule has 6 nitrogen and oxygen atoms in total. The summed E-state index contributed by atoms with van der Waals surface area (Å²) in [5, 5.41) is 0. The second kappa shape index (κ2) is 8.48. The van der Waals surface area contributed by atoms with Crippen LogP contribution in [-0.2, 0) is 19.6 Å². The number of methoxy groups -OCH3 is 1. The van der Waals surface area contributed by atoms with E-state index in [2.05, 4.69) is 0 Å². The normalized spacial score (nSPS) is 16.1. The highest BCUT2D eigenvalue weighted by molar-refractivity contribution is 7.89. The molecule has 0 saturated heterocycles. The van der Waals surface area contributed by atoms with Crippen molar-refractivity contribution in [2.45, 2.75) is 50.0 Å². The lowest BCUT2D eigenvalue weighted by atomic mass is 9.95. The summed E-state index contributed by atoms with van der Waals surface area (Å²) in [5.41, 5.74) is 0. The zero-order chi connectivity index (χ0) is 17.6. The van der Waals surface area contributed by atoms with Crippen molar-refractivity contribution >= 4 is 16.0 Å². The first-order valence-electron chi connectivity index (χ1n) is 8.30. The Kier molecular flexibility index (Phi) is 6.62. The highest BCUT2D eigenvalue weighted by Gasteiger charge is 2.34. The molecule has 0 amide bonds. The van der Waals surface area contributed by atoms with Crippen LogP contribution in [-0.4, -0.2) is 45.0 Å². The molecule has 1 fully saturated rings. The van der Waals surface area contributed by atoms with Gasteiger partial charge in [-0.05, 0) is 44.0 Å². The summed E-state index contributed by atoms with van der Waals surface area (Å²) in [6, 6.07) is 6.08. The van der Waals surface area contributed by atoms with Crippen LogP contribution >= 0.6 is 0 Å². The summed E-state index contributed by atoms with van der Waals surface area (Å²) >= 11 is 0. The minimum absolute atomic E-state index is 0.157. The molecule has 1 aromatic rings. The molecule has 0 unspecified atom stereocenters. The number of hydrogen-bond donors (Lipinski definition) is 0. The van der Waals surface area contributed by atoms with Crippen molar-refractivity contribution in [2.75, 3.05) is 20.3 Å². The zero-order valence-electron chi connectivity index (χ0n) is 14.2. The Morgan fingerprint density at radius 2 is 1.79 bits per heavy atom. The first-order valence-corrected chi connectivity index (χ1v) is 9.74. The van der Waals surface area contributed by atoms with E-state index in [0.29, 0.717) is 5.75 Å². The van der Waals surface area contributed by atoms with E-state index in [-0.39, 0.29) is 24.1 Å². The van der Waals surface area contributed by atoms with Gasteiger partial charge < -0.3 is 9.47 Å². The standard InChI is InChI=1S/C17H25NO5S/c1-3-23-17(19)13-18(14-7-5-4-6-8-14)24(20,21)16-11-9-15(22-2)10-12-16/h9-12,14H,3-8,13H2,1-2H3. The van der Waals surface area contributed by atoms with E-state index in [1.165, 1.54) is 23.5 Å². The van der Waals surface area contributed by atoms with Gasteiger partial charge in [-0.3, -0.25) is 4.79 Å². The van der Waals surface area contributed by atoms with E-state index in [1.807, 2.05) is 0 Å². The maximum atomic E-state index is 13.0. The van der Waals surface area contributed by atoms with Crippen LogP contribution in [0.2, 0.25) is 0 Å². The fourth-order valence-corrected chi connectivity index (χ4v) is 4.63. The maximum Gasteiger partial charge on any atom is 0.321 e. The van der Waals surface area contributed by atoms with Crippen LogP contribution in [0, 0.1) is 0 Å². The lowest BCUT2D eigenvalue weighted by molar-refractivity contribution is -0.143. The first kappa shape index (κ1) is 18.7. The number of sulfonamides is 1. The highest BCUT2D eigenvalue weighted by Crippen LogP contribution is 2.28. The van der Waals surface area contributed by atoms with Crippen LogP contribution in [0.4, 0.5) is 0 Å². The quantitative estimate of drug-likeness (QED) is 0.703. The molecule has 0 bridgehead atoms. The molecule has 0 aliphatic heterocycles. The molecule has 7 heteroatoms. The van der Waals surface area contributed by atoms with Crippen LogP contribution in [0.3, 0.4) is 0 Å². The predicted molar refractivity (Wildman–Crippen MR) is 90.4 cm³/mol. The SMILES string of the molecule is CCOC(=O)CN(C1CCCCC1)S(=O)(=O)c1ccc(OC)cc1. The number of benzene rings is 1. The van der Waals surface area contributed by atoms with Gasteiger partial charge in [0.25, 0.3) is 0 Å². The van der Waals surface area contributed by atoms with Crippen LogP contribution < -0.4 is 4.74 Å². The molecule has 1 aliphatic rings. The Morgan fingerprint density at radius 3 is 2.33 bits per heavy atom. The third kappa shape index (κ3) is 4.48.